The lowest BCUT2D eigenvalue weighted by molar-refractivity contribution is -0.139. The molecule has 1 atom stereocenters. The van der Waals surface area contributed by atoms with Crippen LogP contribution < -0.4 is 5.32 Å². The molecule has 5 heteroatoms. The third-order valence-electron chi connectivity index (χ3n) is 4.06. The van der Waals surface area contributed by atoms with Crippen molar-refractivity contribution in [2.45, 2.75) is 38.6 Å². The van der Waals surface area contributed by atoms with E-state index in [-0.39, 0.29) is 5.91 Å². The van der Waals surface area contributed by atoms with Crippen molar-refractivity contribution in [3.05, 3.63) is 47.5 Å². The van der Waals surface area contributed by atoms with Crippen LogP contribution in [0.3, 0.4) is 0 Å². The Labute approximate surface area is 147 Å². The Morgan fingerprint density at radius 3 is 2.62 bits per heavy atom. The Morgan fingerprint density at radius 1 is 1.21 bits per heavy atom. The Morgan fingerprint density at radius 2 is 1.96 bits per heavy atom. The first-order valence-electron chi connectivity index (χ1n) is 8.23. The highest BCUT2D eigenvalue weighted by Gasteiger charge is 2.22. The lowest BCUT2D eigenvalue weighted by atomic mass is 9.95. The normalized spacial score (nSPS) is 12.1. The van der Waals surface area contributed by atoms with Gasteiger partial charge in [-0.15, -0.1) is 0 Å². The van der Waals surface area contributed by atoms with Gasteiger partial charge in [-0.2, -0.15) is 12.6 Å². The highest BCUT2D eigenvalue weighted by Crippen LogP contribution is 2.24. The van der Waals surface area contributed by atoms with Gasteiger partial charge in [-0.25, -0.2) is 4.79 Å². The van der Waals surface area contributed by atoms with E-state index in [2.05, 4.69) is 24.9 Å². The molecule has 0 heterocycles. The molecule has 0 spiro atoms. The fourth-order valence-corrected chi connectivity index (χ4v) is 3.04. The number of nitrogens with one attached hydrogen (secondary N) is 1. The van der Waals surface area contributed by atoms with E-state index >= 15 is 0 Å². The molecule has 4 nitrogen and oxygen atoms in total. The van der Waals surface area contributed by atoms with Crippen molar-refractivity contribution in [1.82, 2.24) is 5.32 Å². The molecule has 1 amide bonds. The summed E-state index contributed by atoms with van der Waals surface area (Å²) in [4.78, 5) is 24.2. The maximum absolute atomic E-state index is 12.8. The zero-order valence-electron chi connectivity index (χ0n) is 13.8. The van der Waals surface area contributed by atoms with E-state index in [1.54, 1.807) is 0 Å². The minimum Gasteiger partial charge on any atom is -0.480 e. The Balaban J connectivity index is 2.43. The number of fused-ring (bicyclic) bond motifs is 1. The predicted molar refractivity (Wildman–Crippen MR) is 99.9 cm³/mol. The molecule has 24 heavy (non-hydrogen) atoms. The summed E-state index contributed by atoms with van der Waals surface area (Å²) in [7, 11) is 0. The van der Waals surface area contributed by atoms with Crippen LogP contribution in [-0.4, -0.2) is 28.8 Å². The molecule has 0 aliphatic carbocycles. The molecule has 2 aromatic rings. The molecular formula is C19H23NO3S. The minimum absolute atomic E-state index is 0.291. The summed E-state index contributed by atoms with van der Waals surface area (Å²) in [5.41, 5.74) is 1.55. The first kappa shape index (κ1) is 18.3. The number of aliphatic carboxylic acids is 1. The van der Waals surface area contributed by atoms with Crippen molar-refractivity contribution >= 4 is 35.3 Å². The molecule has 2 N–H and O–H groups in total. The fourth-order valence-electron chi connectivity index (χ4n) is 2.78. The minimum atomic E-state index is -1.03. The van der Waals surface area contributed by atoms with Crippen LogP contribution in [-0.2, 0) is 11.2 Å². The molecule has 0 fully saturated rings. The van der Waals surface area contributed by atoms with Gasteiger partial charge in [-0.1, -0.05) is 49.7 Å². The number of rotatable bonds is 8. The van der Waals surface area contributed by atoms with Crippen molar-refractivity contribution in [2.24, 2.45) is 0 Å². The smallest absolute Gasteiger partial charge is 0.326 e. The van der Waals surface area contributed by atoms with E-state index in [4.69, 9.17) is 0 Å². The van der Waals surface area contributed by atoms with Crippen LogP contribution in [0.5, 0.6) is 0 Å². The quantitative estimate of drug-likeness (QED) is 0.639. The fraction of sp³-hybridized carbons (Fsp3) is 0.368. The van der Waals surface area contributed by atoms with E-state index in [0.717, 1.165) is 35.6 Å². The summed E-state index contributed by atoms with van der Waals surface area (Å²) >= 11 is 4.08. The first-order valence-corrected chi connectivity index (χ1v) is 8.86. The van der Waals surface area contributed by atoms with Crippen molar-refractivity contribution in [3.8, 4) is 0 Å². The first-order chi connectivity index (χ1) is 11.6. The van der Waals surface area contributed by atoms with Crippen LogP contribution in [0, 0.1) is 0 Å². The molecular weight excluding hydrogens is 322 g/mol. The molecule has 2 aromatic carbocycles. The molecule has 0 saturated carbocycles. The van der Waals surface area contributed by atoms with Crippen molar-refractivity contribution in [2.75, 3.05) is 5.75 Å². The average Bonchev–Trinajstić information content (AvgIpc) is 2.58. The second kappa shape index (κ2) is 8.73. The Hall–Kier alpha value is -2.01. The largest absolute Gasteiger partial charge is 0.480 e. The molecule has 0 saturated heterocycles. The van der Waals surface area contributed by atoms with Gasteiger partial charge < -0.3 is 10.4 Å². The lowest BCUT2D eigenvalue weighted by Crippen LogP contribution is -2.41. The van der Waals surface area contributed by atoms with Crippen LogP contribution >= 0.6 is 12.6 Å². The van der Waals surface area contributed by atoms with Crippen LogP contribution in [0.4, 0.5) is 0 Å². The number of carbonyl (C=O) groups is 2. The summed E-state index contributed by atoms with van der Waals surface area (Å²) in [6, 6.07) is 10.8. The van der Waals surface area contributed by atoms with Crippen molar-refractivity contribution in [1.29, 1.82) is 0 Å². The molecule has 2 rings (SSSR count). The maximum Gasteiger partial charge on any atom is 0.326 e. The van der Waals surface area contributed by atoms with Crippen LogP contribution in [0.1, 0.15) is 42.1 Å². The third-order valence-corrected chi connectivity index (χ3v) is 4.32. The molecule has 0 aromatic heterocycles. The number of carboxylic acids is 1. The third kappa shape index (κ3) is 4.29. The number of benzene rings is 2. The van der Waals surface area contributed by atoms with E-state index in [9.17, 15) is 14.7 Å². The second-order valence-electron chi connectivity index (χ2n) is 5.80. The van der Waals surface area contributed by atoms with Gasteiger partial charge in [0.05, 0.1) is 5.56 Å². The predicted octanol–water partition coefficient (Wildman–Crippen LogP) is 3.69. The number of hydrogen-bond donors (Lipinski definition) is 3. The summed E-state index contributed by atoms with van der Waals surface area (Å²) in [6.45, 7) is 2.11. The summed E-state index contributed by atoms with van der Waals surface area (Å²) in [6.07, 6.45) is 3.11. The van der Waals surface area contributed by atoms with Gasteiger partial charge in [-0.05, 0) is 41.4 Å². The number of carbonyl (C=O) groups excluding carboxylic acids is 1. The SMILES string of the molecule is CCCCc1ccc2ccccc2c1C(=O)N[C@@H](CCS)C(=O)O. The van der Waals surface area contributed by atoms with E-state index in [0.29, 0.717) is 17.7 Å². The maximum atomic E-state index is 12.8. The van der Waals surface area contributed by atoms with Gasteiger partial charge in [-0.3, -0.25) is 4.79 Å². The Kier molecular flexibility index (Phi) is 6.67. The molecule has 0 aliphatic heterocycles. The number of amides is 1. The molecule has 0 unspecified atom stereocenters. The standard InChI is InChI=1S/C19H23NO3S/c1-2-3-6-14-10-9-13-7-4-5-8-15(13)17(14)18(21)20-16(11-12-24)19(22)23/h4-5,7-10,16,24H,2-3,6,11-12H2,1H3,(H,20,21)(H,22,23)/t16-/m0/s1. The van der Waals surface area contributed by atoms with Crippen molar-refractivity contribution < 1.29 is 14.7 Å². The van der Waals surface area contributed by atoms with Gasteiger partial charge >= 0.3 is 5.97 Å². The molecule has 0 radical (unpaired) electrons. The van der Waals surface area contributed by atoms with Crippen LogP contribution in [0.25, 0.3) is 10.8 Å². The lowest BCUT2D eigenvalue weighted by Gasteiger charge is -2.17. The molecule has 128 valence electrons. The number of aryl methyl sites for hydroxylation is 1. The van der Waals surface area contributed by atoms with Gasteiger partial charge in [0.25, 0.3) is 5.91 Å². The second-order valence-corrected chi connectivity index (χ2v) is 6.25. The summed E-state index contributed by atoms with van der Waals surface area (Å²) in [5.74, 6) is -0.963. The number of hydrogen-bond acceptors (Lipinski definition) is 3. The van der Waals surface area contributed by atoms with Crippen LogP contribution in [0.2, 0.25) is 0 Å². The topological polar surface area (TPSA) is 66.4 Å². The van der Waals surface area contributed by atoms with Crippen molar-refractivity contribution in [3.63, 3.8) is 0 Å². The average molecular weight is 345 g/mol. The highest BCUT2D eigenvalue weighted by molar-refractivity contribution is 7.80. The number of thiol groups is 1. The van der Waals surface area contributed by atoms with Gasteiger partial charge in [0.1, 0.15) is 6.04 Å². The van der Waals surface area contributed by atoms with Crippen LogP contribution in [0.15, 0.2) is 36.4 Å². The van der Waals surface area contributed by atoms with E-state index in [1.807, 2.05) is 36.4 Å². The van der Waals surface area contributed by atoms with Gasteiger partial charge in [0.2, 0.25) is 0 Å². The van der Waals surface area contributed by atoms with E-state index in [1.165, 1.54) is 0 Å². The zero-order chi connectivity index (χ0) is 17.5. The number of carboxylic acid groups (broad SMARTS) is 1. The van der Waals surface area contributed by atoms with E-state index < -0.39 is 12.0 Å². The summed E-state index contributed by atoms with van der Waals surface area (Å²) in [5, 5.41) is 13.8. The number of unbranched alkanes of at least 4 members (excludes halogenated alkanes) is 1. The Bertz CT molecular complexity index is 730. The van der Waals surface area contributed by atoms with Gasteiger partial charge in [0.15, 0.2) is 0 Å². The van der Waals surface area contributed by atoms with Gasteiger partial charge in [0, 0.05) is 0 Å². The monoisotopic (exact) mass is 345 g/mol. The summed E-state index contributed by atoms with van der Waals surface area (Å²) < 4.78 is 0. The molecule has 0 aliphatic rings. The molecule has 0 bridgehead atoms. The highest BCUT2D eigenvalue weighted by atomic mass is 32.1. The zero-order valence-corrected chi connectivity index (χ0v) is 14.7.